The van der Waals surface area contributed by atoms with E-state index in [-0.39, 0.29) is 5.92 Å². The zero-order valence-corrected chi connectivity index (χ0v) is 13.2. The topological polar surface area (TPSA) is 38.0 Å². The van der Waals surface area contributed by atoms with Gasteiger partial charge in [-0.1, -0.05) is 43.2 Å². The van der Waals surface area contributed by atoms with Crippen molar-refractivity contribution < 1.29 is 5.11 Å². The fourth-order valence-electron chi connectivity index (χ4n) is 3.46. The molecular formula is C16H19BrN2O. The molecule has 0 saturated heterocycles. The summed E-state index contributed by atoms with van der Waals surface area (Å²) in [7, 11) is 1.90. The van der Waals surface area contributed by atoms with Crippen molar-refractivity contribution in [3.05, 3.63) is 52.3 Å². The number of rotatable bonds is 2. The molecule has 0 aliphatic heterocycles. The van der Waals surface area contributed by atoms with Crippen LogP contribution in [0, 0.1) is 0 Å². The first kappa shape index (κ1) is 13.8. The number of benzene rings is 1. The van der Waals surface area contributed by atoms with Gasteiger partial charge in [-0.3, -0.25) is 4.68 Å². The molecule has 1 heterocycles. The summed E-state index contributed by atoms with van der Waals surface area (Å²) in [5, 5.41) is 15.7. The maximum absolute atomic E-state index is 11.4. The van der Waals surface area contributed by atoms with Crippen molar-refractivity contribution in [2.75, 3.05) is 0 Å². The van der Waals surface area contributed by atoms with Crippen LogP contribution in [0.5, 0.6) is 0 Å². The standard InChI is InChI=1S/C16H19BrN2O/c1-19-15(14(17)11-18-19)16(20)10-6-5-9-13(16)12-7-3-2-4-8-12/h2-4,7-8,11,13,20H,5-6,9-10H2,1H3. The molecule has 1 aromatic carbocycles. The Morgan fingerprint density at radius 2 is 2.05 bits per heavy atom. The molecule has 1 aromatic heterocycles. The molecule has 106 valence electrons. The van der Waals surface area contributed by atoms with Crippen LogP contribution in [-0.4, -0.2) is 14.9 Å². The molecule has 1 N–H and O–H groups in total. The van der Waals surface area contributed by atoms with Gasteiger partial charge in [-0.15, -0.1) is 0 Å². The van der Waals surface area contributed by atoms with Gasteiger partial charge in [0.1, 0.15) is 5.60 Å². The molecular weight excluding hydrogens is 316 g/mol. The smallest absolute Gasteiger partial charge is 0.114 e. The summed E-state index contributed by atoms with van der Waals surface area (Å²) in [6.07, 6.45) is 5.78. The molecule has 0 radical (unpaired) electrons. The highest BCUT2D eigenvalue weighted by atomic mass is 79.9. The second-order valence-electron chi connectivity index (χ2n) is 5.60. The molecule has 20 heavy (non-hydrogen) atoms. The van der Waals surface area contributed by atoms with Gasteiger partial charge in [-0.05, 0) is 34.3 Å². The van der Waals surface area contributed by atoms with Crippen LogP contribution in [0.2, 0.25) is 0 Å². The van der Waals surface area contributed by atoms with Crippen LogP contribution in [0.25, 0.3) is 0 Å². The predicted octanol–water partition coefficient (Wildman–Crippen LogP) is 3.73. The Bertz CT molecular complexity index is 576. The summed E-state index contributed by atoms with van der Waals surface area (Å²) in [5.41, 5.74) is 1.26. The van der Waals surface area contributed by atoms with Crippen molar-refractivity contribution in [1.29, 1.82) is 0 Å². The van der Waals surface area contributed by atoms with E-state index in [0.29, 0.717) is 0 Å². The van der Waals surface area contributed by atoms with Crippen LogP contribution in [0.15, 0.2) is 41.0 Å². The molecule has 1 fully saturated rings. The molecule has 2 atom stereocenters. The largest absolute Gasteiger partial charge is 0.383 e. The Morgan fingerprint density at radius 3 is 2.70 bits per heavy atom. The summed E-state index contributed by atoms with van der Waals surface area (Å²) >= 11 is 3.54. The monoisotopic (exact) mass is 334 g/mol. The van der Waals surface area contributed by atoms with E-state index >= 15 is 0 Å². The van der Waals surface area contributed by atoms with Crippen molar-refractivity contribution in [3.8, 4) is 0 Å². The maximum Gasteiger partial charge on any atom is 0.114 e. The summed E-state index contributed by atoms with van der Waals surface area (Å²) < 4.78 is 2.69. The lowest BCUT2D eigenvalue weighted by Gasteiger charge is -2.40. The lowest BCUT2D eigenvalue weighted by molar-refractivity contribution is -0.0299. The summed E-state index contributed by atoms with van der Waals surface area (Å²) in [4.78, 5) is 0. The fourth-order valence-corrected chi connectivity index (χ4v) is 4.16. The molecule has 3 rings (SSSR count). The Labute approximate surface area is 127 Å². The zero-order valence-electron chi connectivity index (χ0n) is 11.6. The molecule has 0 bridgehead atoms. The number of halogens is 1. The van der Waals surface area contributed by atoms with E-state index in [0.717, 1.165) is 35.8 Å². The maximum atomic E-state index is 11.4. The van der Waals surface area contributed by atoms with Crippen LogP contribution in [0.3, 0.4) is 0 Å². The zero-order chi connectivity index (χ0) is 14.2. The number of aliphatic hydroxyl groups is 1. The third kappa shape index (κ3) is 2.21. The van der Waals surface area contributed by atoms with E-state index in [9.17, 15) is 5.11 Å². The molecule has 0 spiro atoms. The van der Waals surface area contributed by atoms with Gasteiger partial charge in [0.2, 0.25) is 0 Å². The third-order valence-corrected chi connectivity index (χ3v) is 4.96. The van der Waals surface area contributed by atoms with Crippen molar-refractivity contribution in [1.82, 2.24) is 9.78 Å². The quantitative estimate of drug-likeness (QED) is 0.908. The first-order chi connectivity index (χ1) is 9.63. The number of aromatic nitrogens is 2. The van der Waals surface area contributed by atoms with Gasteiger partial charge in [0.15, 0.2) is 0 Å². The van der Waals surface area contributed by atoms with Crippen molar-refractivity contribution in [2.24, 2.45) is 7.05 Å². The lowest BCUT2D eigenvalue weighted by atomic mass is 9.70. The van der Waals surface area contributed by atoms with E-state index in [1.54, 1.807) is 10.9 Å². The number of aryl methyl sites for hydroxylation is 1. The minimum Gasteiger partial charge on any atom is -0.383 e. The van der Waals surface area contributed by atoms with Crippen molar-refractivity contribution in [3.63, 3.8) is 0 Å². The van der Waals surface area contributed by atoms with Crippen LogP contribution >= 0.6 is 15.9 Å². The first-order valence-corrected chi connectivity index (χ1v) is 7.87. The van der Waals surface area contributed by atoms with Crippen LogP contribution in [0.4, 0.5) is 0 Å². The molecule has 1 aliphatic rings. The van der Waals surface area contributed by atoms with Gasteiger partial charge in [-0.2, -0.15) is 5.10 Å². The average Bonchev–Trinajstić information content (AvgIpc) is 2.80. The highest BCUT2D eigenvalue weighted by molar-refractivity contribution is 9.10. The minimum atomic E-state index is -0.844. The van der Waals surface area contributed by atoms with Gasteiger partial charge in [0.05, 0.1) is 16.4 Å². The minimum absolute atomic E-state index is 0.129. The Balaban J connectivity index is 2.09. The summed E-state index contributed by atoms with van der Waals surface area (Å²) in [6.45, 7) is 0. The van der Waals surface area contributed by atoms with Gasteiger partial charge < -0.3 is 5.11 Å². The number of hydrogen-bond donors (Lipinski definition) is 1. The Hall–Kier alpha value is -1.13. The SMILES string of the molecule is Cn1ncc(Br)c1C1(O)CCCCC1c1ccccc1. The third-order valence-electron chi connectivity index (χ3n) is 4.38. The summed E-state index contributed by atoms with van der Waals surface area (Å²) in [6, 6.07) is 10.3. The van der Waals surface area contributed by atoms with E-state index in [1.807, 2.05) is 25.2 Å². The van der Waals surface area contributed by atoms with E-state index in [2.05, 4.69) is 33.2 Å². The fraction of sp³-hybridized carbons (Fsp3) is 0.438. The highest BCUT2D eigenvalue weighted by Gasteiger charge is 2.44. The predicted molar refractivity (Wildman–Crippen MR) is 82.5 cm³/mol. The Morgan fingerprint density at radius 1 is 1.30 bits per heavy atom. The molecule has 2 aromatic rings. The van der Waals surface area contributed by atoms with E-state index in [1.165, 1.54) is 5.56 Å². The van der Waals surface area contributed by atoms with Crippen LogP contribution in [-0.2, 0) is 12.6 Å². The Kier molecular flexibility index (Phi) is 3.69. The van der Waals surface area contributed by atoms with Crippen LogP contribution < -0.4 is 0 Å². The van der Waals surface area contributed by atoms with Gasteiger partial charge in [-0.25, -0.2) is 0 Å². The van der Waals surface area contributed by atoms with Crippen molar-refractivity contribution >= 4 is 15.9 Å². The molecule has 1 saturated carbocycles. The molecule has 3 nitrogen and oxygen atoms in total. The number of hydrogen-bond acceptors (Lipinski definition) is 2. The van der Waals surface area contributed by atoms with Crippen molar-refractivity contribution in [2.45, 2.75) is 37.2 Å². The molecule has 2 unspecified atom stereocenters. The van der Waals surface area contributed by atoms with Gasteiger partial charge in [0, 0.05) is 13.0 Å². The normalized spacial score (nSPS) is 26.6. The van der Waals surface area contributed by atoms with Gasteiger partial charge >= 0.3 is 0 Å². The van der Waals surface area contributed by atoms with E-state index in [4.69, 9.17) is 0 Å². The van der Waals surface area contributed by atoms with E-state index < -0.39 is 5.60 Å². The second kappa shape index (κ2) is 5.34. The average molecular weight is 335 g/mol. The highest BCUT2D eigenvalue weighted by Crippen LogP contribution is 2.48. The first-order valence-electron chi connectivity index (χ1n) is 7.08. The lowest BCUT2D eigenvalue weighted by Crippen LogP contribution is -2.38. The summed E-state index contributed by atoms with van der Waals surface area (Å²) in [5.74, 6) is 0.129. The molecule has 0 amide bonds. The second-order valence-corrected chi connectivity index (χ2v) is 6.45. The molecule has 1 aliphatic carbocycles. The number of nitrogens with zero attached hydrogens (tertiary/aromatic N) is 2. The van der Waals surface area contributed by atoms with Gasteiger partial charge in [0.25, 0.3) is 0 Å². The molecule has 4 heteroatoms. The van der Waals surface area contributed by atoms with Crippen LogP contribution in [0.1, 0.15) is 42.9 Å².